The summed E-state index contributed by atoms with van der Waals surface area (Å²) in [5.74, 6) is 1.28. The lowest BCUT2D eigenvalue weighted by atomic mass is 10.2. The first-order valence-electron chi connectivity index (χ1n) is 7.41. The van der Waals surface area contributed by atoms with E-state index in [0.717, 1.165) is 11.5 Å². The normalized spacial score (nSPS) is 10.8. The van der Waals surface area contributed by atoms with Crippen molar-refractivity contribution in [3.8, 4) is 0 Å². The van der Waals surface area contributed by atoms with E-state index >= 15 is 0 Å². The first-order valence-corrected chi connectivity index (χ1v) is 7.41. The van der Waals surface area contributed by atoms with Crippen molar-refractivity contribution in [2.24, 2.45) is 4.99 Å². The highest BCUT2D eigenvalue weighted by Crippen LogP contribution is 2.08. The number of hydrogen-bond acceptors (Lipinski definition) is 3. The zero-order valence-corrected chi connectivity index (χ0v) is 16.4. The van der Waals surface area contributed by atoms with E-state index in [2.05, 4.69) is 20.6 Å². The summed E-state index contributed by atoms with van der Waals surface area (Å²) in [6, 6.07) is 12.6. The molecule has 2 N–H and O–H groups in total. The second-order valence-corrected chi connectivity index (χ2v) is 5.25. The van der Waals surface area contributed by atoms with E-state index in [4.69, 9.17) is 0 Å². The minimum Gasteiger partial charge on any atom is -0.363 e. The highest BCUT2D eigenvalue weighted by atomic mass is 127. The van der Waals surface area contributed by atoms with Crippen LogP contribution in [0.25, 0.3) is 0 Å². The van der Waals surface area contributed by atoms with Crippen LogP contribution in [0.15, 0.2) is 47.5 Å². The van der Waals surface area contributed by atoms with Gasteiger partial charge < -0.3 is 15.5 Å². The predicted octanol–water partition coefficient (Wildman–Crippen LogP) is 2.77. The number of nitrogens with zero attached hydrogens (tertiary/aromatic N) is 3. The maximum Gasteiger partial charge on any atom is 0.191 e. The Morgan fingerprint density at radius 1 is 1.08 bits per heavy atom. The lowest BCUT2D eigenvalue weighted by molar-refractivity contribution is 0.604. The lowest BCUT2D eigenvalue weighted by Crippen LogP contribution is -2.36. The molecule has 0 unspecified atom stereocenters. The average molecular weight is 443 g/mol. The maximum absolute atomic E-state index is 13.6. The molecular weight excluding hydrogens is 420 g/mol. The van der Waals surface area contributed by atoms with Crippen LogP contribution in [-0.2, 0) is 13.1 Å². The molecule has 0 radical (unpaired) electrons. The second-order valence-electron chi connectivity index (χ2n) is 5.25. The lowest BCUT2D eigenvalue weighted by Gasteiger charge is -2.14. The van der Waals surface area contributed by atoms with Crippen LogP contribution < -0.4 is 15.5 Å². The fraction of sp³-hybridized carbons (Fsp3) is 0.294. The van der Waals surface area contributed by atoms with Gasteiger partial charge in [0.1, 0.15) is 11.6 Å². The highest BCUT2D eigenvalue weighted by Gasteiger charge is 2.04. The first-order chi connectivity index (χ1) is 11.1. The van der Waals surface area contributed by atoms with Crippen molar-refractivity contribution < 1.29 is 4.39 Å². The summed E-state index contributed by atoms with van der Waals surface area (Å²) in [5.41, 5.74) is 1.51. The summed E-state index contributed by atoms with van der Waals surface area (Å²) in [7, 11) is 5.59. The van der Waals surface area contributed by atoms with Gasteiger partial charge in [0.2, 0.25) is 0 Å². The van der Waals surface area contributed by atoms with E-state index in [1.807, 2.05) is 43.3 Å². The monoisotopic (exact) mass is 443 g/mol. The van der Waals surface area contributed by atoms with Gasteiger partial charge in [-0.15, -0.1) is 24.0 Å². The summed E-state index contributed by atoms with van der Waals surface area (Å²) < 4.78 is 13.6. The number of hydrogen-bond donors (Lipinski definition) is 2. The fourth-order valence-electron chi connectivity index (χ4n) is 2.03. The van der Waals surface area contributed by atoms with Gasteiger partial charge in [-0.05, 0) is 18.2 Å². The molecule has 1 aromatic heterocycles. The van der Waals surface area contributed by atoms with E-state index < -0.39 is 0 Å². The number of aromatic nitrogens is 1. The minimum atomic E-state index is -0.226. The van der Waals surface area contributed by atoms with Crippen molar-refractivity contribution in [1.82, 2.24) is 15.6 Å². The molecule has 0 aliphatic heterocycles. The van der Waals surface area contributed by atoms with E-state index in [-0.39, 0.29) is 29.8 Å². The van der Waals surface area contributed by atoms with Gasteiger partial charge in [-0.3, -0.25) is 4.99 Å². The molecule has 1 aromatic carbocycles. The topological polar surface area (TPSA) is 52.6 Å². The quantitative estimate of drug-likeness (QED) is 0.424. The van der Waals surface area contributed by atoms with Crippen molar-refractivity contribution in [3.05, 3.63) is 59.5 Å². The molecule has 2 rings (SSSR count). The summed E-state index contributed by atoms with van der Waals surface area (Å²) in [5, 5.41) is 6.27. The Balaban J connectivity index is 0.00000288. The number of guanidine groups is 1. The molecule has 0 fully saturated rings. The number of benzene rings is 1. The summed E-state index contributed by atoms with van der Waals surface area (Å²) in [6.45, 7) is 0.913. The summed E-state index contributed by atoms with van der Waals surface area (Å²) in [6.07, 6.45) is 0. The molecule has 1 heterocycles. The number of pyridine rings is 1. The Morgan fingerprint density at radius 3 is 2.46 bits per heavy atom. The largest absolute Gasteiger partial charge is 0.363 e. The molecule has 0 bridgehead atoms. The molecule has 24 heavy (non-hydrogen) atoms. The highest BCUT2D eigenvalue weighted by molar-refractivity contribution is 14.0. The van der Waals surface area contributed by atoms with Crippen LogP contribution in [0.5, 0.6) is 0 Å². The van der Waals surface area contributed by atoms with Gasteiger partial charge >= 0.3 is 0 Å². The fourth-order valence-corrected chi connectivity index (χ4v) is 2.03. The average Bonchev–Trinajstić information content (AvgIpc) is 2.56. The molecule has 0 aliphatic rings. The standard InChI is InChI=1S/C17H22FN5.HI/c1-19-17(20-11-13-7-4-5-9-15(13)18)21-12-14-8-6-10-16(22-14)23(2)3;/h4-10H,11-12H2,1-3H3,(H2,19,20,21);1H. The number of nitrogens with one attached hydrogen (secondary N) is 2. The van der Waals surface area contributed by atoms with Crippen molar-refractivity contribution in [2.45, 2.75) is 13.1 Å². The molecule has 0 amide bonds. The zero-order chi connectivity index (χ0) is 16.7. The molecule has 7 heteroatoms. The summed E-state index contributed by atoms with van der Waals surface area (Å²) >= 11 is 0. The Hall–Kier alpha value is -1.90. The first kappa shape index (κ1) is 20.1. The smallest absolute Gasteiger partial charge is 0.191 e. The third kappa shape index (κ3) is 5.95. The van der Waals surface area contributed by atoms with Gasteiger partial charge in [0.25, 0.3) is 0 Å². The molecular formula is C17H23FIN5. The van der Waals surface area contributed by atoms with Crippen LogP contribution in [0, 0.1) is 5.82 Å². The van der Waals surface area contributed by atoms with Gasteiger partial charge in [-0.1, -0.05) is 24.3 Å². The van der Waals surface area contributed by atoms with Gasteiger partial charge in [-0.2, -0.15) is 0 Å². The maximum atomic E-state index is 13.6. The minimum absolute atomic E-state index is 0. The van der Waals surface area contributed by atoms with Crippen molar-refractivity contribution in [1.29, 1.82) is 0 Å². The third-order valence-corrected chi connectivity index (χ3v) is 3.31. The Bertz CT molecular complexity index is 676. The van der Waals surface area contributed by atoms with Crippen molar-refractivity contribution in [3.63, 3.8) is 0 Å². The van der Waals surface area contributed by atoms with Crippen molar-refractivity contribution in [2.75, 3.05) is 26.0 Å². The van der Waals surface area contributed by atoms with E-state index in [1.54, 1.807) is 19.2 Å². The number of aliphatic imine (C=N–C) groups is 1. The zero-order valence-electron chi connectivity index (χ0n) is 14.1. The van der Waals surface area contributed by atoms with Gasteiger partial charge in [-0.25, -0.2) is 9.37 Å². The Kier molecular flexibility index (Phi) is 8.45. The predicted molar refractivity (Wildman–Crippen MR) is 107 cm³/mol. The van der Waals surface area contributed by atoms with Crippen LogP contribution in [0.1, 0.15) is 11.3 Å². The van der Waals surface area contributed by atoms with Crippen molar-refractivity contribution >= 4 is 35.8 Å². The summed E-state index contributed by atoms with van der Waals surface area (Å²) in [4.78, 5) is 10.6. The van der Waals surface area contributed by atoms with E-state index in [0.29, 0.717) is 24.6 Å². The number of rotatable bonds is 5. The Morgan fingerprint density at radius 2 is 1.79 bits per heavy atom. The van der Waals surface area contributed by atoms with Crippen LogP contribution in [0.2, 0.25) is 0 Å². The molecule has 0 saturated heterocycles. The van der Waals surface area contributed by atoms with Gasteiger partial charge in [0.15, 0.2) is 5.96 Å². The number of anilines is 1. The molecule has 0 atom stereocenters. The molecule has 2 aromatic rings. The molecule has 130 valence electrons. The second kappa shape index (κ2) is 10.1. The van der Waals surface area contributed by atoms with Crippen LogP contribution in [-0.4, -0.2) is 32.1 Å². The molecule has 0 aliphatic carbocycles. The van der Waals surface area contributed by atoms with Gasteiger partial charge in [0.05, 0.1) is 12.2 Å². The van der Waals surface area contributed by atoms with Crippen LogP contribution in [0.3, 0.4) is 0 Å². The van der Waals surface area contributed by atoms with E-state index in [1.165, 1.54) is 6.07 Å². The molecule has 0 spiro atoms. The Labute approximate surface area is 159 Å². The molecule has 0 saturated carbocycles. The SMILES string of the molecule is CN=C(NCc1cccc(N(C)C)n1)NCc1ccccc1F.I. The van der Waals surface area contributed by atoms with E-state index in [9.17, 15) is 4.39 Å². The third-order valence-electron chi connectivity index (χ3n) is 3.31. The molecule has 5 nitrogen and oxygen atoms in total. The number of halogens is 2. The van der Waals surface area contributed by atoms with Crippen LogP contribution >= 0.6 is 24.0 Å². The van der Waals surface area contributed by atoms with Crippen LogP contribution in [0.4, 0.5) is 10.2 Å². The van der Waals surface area contributed by atoms with Gasteiger partial charge in [0, 0.05) is 33.3 Å².